The molecule has 1 aromatic rings. The Morgan fingerprint density at radius 1 is 1.45 bits per heavy atom. The summed E-state index contributed by atoms with van der Waals surface area (Å²) in [6.07, 6.45) is 2.43. The van der Waals surface area contributed by atoms with Crippen molar-refractivity contribution in [3.05, 3.63) is 27.7 Å². The van der Waals surface area contributed by atoms with E-state index in [9.17, 15) is 0 Å². The minimum absolute atomic E-state index is 0.502. The number of piperazine rings is 1. The molecule has 112 valence electrons. The lowest BCUT2D eigenvalue weighted by Crippen LogP contribution is -2.58. The molecule has 0 spiro atoms. The van der Waals surface area contributed by atoms with Crippen LogP contribution < -0.4 is 10.2 Å². The van der Waals surface area contributed by atoms with Gasteiger partial charge in [0.1, 0.15) is 0 Å². The molecule has 1 N–H and O–H groups in total. The highest BCUT2D eigenvalue weighted by atomic mass is 79.9. The quantitative estimate of drug-likeness (QED) is 0.838. The maximum atomic E-state index is 6.47. The predicted octanol–water partition coefficient (Wildman–Crippen LogP) is 4.71. The molecule has 0 radical (unpaired) electrons. The topological polar surface area (TPSA) is 15.3 Å². The van der Waals surface area contributed by atoms with Crippen LogP contribution in [0.2, 0.25) is 5.02 Å². The number of nitrogens with one attached hydrogen (secondary N) is 1. The second kappa shape index (κ2) is 7.15. The third kappa shape index (κ3) is 3.69. The number of hydrogen-bond donors (Lipinski definition) is 1. The highest BCUT2D eigenvalue weighted by Crippen LogP contribution is 2.33. The molecule has 1 saturated heterocycles. The first-order chi connectivity index (χ1) is 9.52. The van der Waals surface area contributed by atoms with Gasteiger partial charge in [0.15, 0.2) is 0 Å². The van der Waals surface area contributed by atoms with Crippen LogP contribution in [-0.2, 0) is 0 Å². The van der Waals surface area contributed by atoms with Crippen LogP contribution in [0.25, 0.3) is 0 Å². The van der Waals surface area contributed by atoms with E-state index in [4.69, 9.17) is 11.6 Å². The van der Waals surface area contributed by atoms with Crippen molar-refractivity contribution >= 4 is 33.2 Å². The van der Waals surface area contributed by atoms with E-state index in [1.807, 2.05) is 6.07 Å². The average Bonchev–Trinajstić information content (AvgIpc) is 2.38. The fourth-order valence-electron chi connectivity index (χ4n) is 2.96. The van der Waals surface area contributed by atoms with E-state index in [1.165, 1.54) is 12.8 Å². The summed E-state index contributed by atoms with van der Waals surface area (Å²) in [5.41, 5.74) is 1.16. The van der Waals surface area contributed by atoms with E-state index in [1.54, 1.807) is 0 Å². The Hall–Kier alpha value is -0.250. The summed E-state index contributed by atoms with van der Waals surface area (Å²) in [6.45, 7) is 8.89. The van der Waals surface area contributed by atoms with Crippen molar-refractivity contribution in [2.45, 2.75) is 45.7 Å². The predicted molar refractivity (Wildman–Crippen MR) is 91.8 cm³/mol. The van der Waals surface area contributed by atoms with E-state index in [0.717, 1.165) is 28.3 Å². The van der Waals surface area contributed by atoms with Gasteiger partial charge in [0.05, 0.1) is 10.7 Å². The first-order valence-corrected chi connectivity index (χ1v) is 8.65. The molecule has 0 saturated carbocycles. The fourth-order valence-corrected chi connectivity index (χ4v) is 3.75. The van der Waals surface area contributed by atoms with Crippen LogP contribution in [0.3, 0.4) is 0 Å². The lowest BCUT2D eigenvalue weighted by atomic mass is 9.96. The zero-order valence-electron chi connectivity index (χ0n) is 12.5. The van der Waals surface area contributed by atoms with Crippen molar-refractivity contribution in [3.63, 3.8) is 0 Å². The third-order valence-electron chi connectivity index (χ3n) is 4.06. The third-order valence-corrected chi connectivity index (χ3v) is 4.85. The molecular weight excluding hydrogens is 336 g/mol. The van der Waals surface area contributed by atoms with Crippen molar-refractivity contribution in [1.82, 2.24) is 5.32 Å². The largest absolute Gasteiger partial charge is 0.364 e. The summed E-state index contributed by atoms with van der Waals surface area (Å²) in [7, 11) is 0. The summed E-state index contributed by atoms with van der Waals surface area (Å²) in [5.74, 6) is 0.602. The Bertz CT molecular complexity index is 450. The number of nitrogens with zero attached hydrogens (tertiary/aromatic N) is 1. The Morgan fingerprint density at radius 3 is 2.80 bits per heavy atom. The van der Waals surface area contributed by atoms with Gasteiger partial charge in [-0.25, -0.2) is 0 Å². The molecule has 2 nitrogen and oxygen atoms in total. The SMILES string of the molecule is CCCC1CN(c2ccc(Br)cc2Cl)C(C(C)C)CN1. The minimum Gasteiger partial charge on any atom is -0.364 e. The number of anilines is 1. The standard InChI is InChI=1S/C16H24BrClN2/c1-4-5-13-10-20(16(9-19-13)11(2)3)15-7-6-12(17)8-14(15)18/h6-8,11,13,16,19H,4-5,9-10H2,1-3H3. The number of benzene rings is 1. The van der Waals surface area contributed by atoms with Gasteiger partial charge in [-0.3, -0.25) is 0 Å². The Balaban J connectivity index is 2.26. The summed E-state index contributed by atoms with van der Waals surface area (Å²) in [4.78, 5) is 2.50. The van der Waals surface area contributed by atoms with Crippen molar-refractivity contribution < 1.29 is 0 Å². The average molecular weight is 360 g/mol. The molecule has 20 heavy (non-hydrogen) atoms. The highest BCUT2D eigenvalue weighted by Gasteiger charge is 2.30. The Morgan fingerprint density at radius 2 is 2.20 bits per heavy atom. The molecule has 2 rings (SSSR count). The number of rotatable bonds is 4. The molecule has 1 aliphatic rings. The molecule has 4 heteroatoms. The molecule has 1 fully saturated rings. The van der Waals surface area contributed by atoms with Crippen LogP contribution in [0, 0.1) is 5.92 Å². The second-order valence-electron chi connectivity index (χ2n) is 5.95. The van der Waals surface area contributed by atoms with Gasteiger partial charge in [-0.15, -0.1) is 0 Å². The van der Waals surface area contributed by atoms with Crippen LogP contribution in [0.1, 0.15) is 33.6 Å². The van der Waals surface area contributed by atoms with E-state index >= 15 is 0 Å². The van der Waals surface area contributed by atoms with Crippen LogP contribution in [0.4, 0.5) is 5.69 Å². The molecule has 0 amide bonds. The van der Waals surface area contributed by atoms with Crippen LogP contribution in [-0.4, -0.2) is 25.2 Å². The molecule has 2 atom stereocenters. The van der Waals surface area contributed by atoms with Crippen molar-refractivity contribution in [2.24, 2.45) is 5.92 Å². The van der Waals surface area contributed by atoms with E-state index < -0.39 is 0 Å². The van der Waals surface area contributed by atoms with Crippen molar-refractivity contribution in [3.8, 4) is 0 Å². The molecule has 1 aromatic carbocycles. The summed E-state index contributed by atoms with van der Waals surface area (Å²) < 4.78 is 1.03. The smallest absolute Gasteiger partial charge is 0.0650 e. The first-order valence-electron chi connectivity index (χ1n) is 7.48. The van der Waals surface area contributed by atoms with Crippen molar-refractivity contribution in [2.75, 3.05) is 18.0 Å². The van der Waals surface area contributed by atoms with Crippen LogP contribution in [0.5, 0.6) is 0 Å². The van der Waals surface area contributed by atoms with Gasteiger partial charge in [-0.1, -0.05) is 54.7 Å². The molecule has 2 unspecified atom stereocenters. The monoisotopic (exact) mass is 358 g/mol. The van der Waals surface area contributed by atoms with E-state index in [-0.39, 0.29) is 0 Å². The Labute approximate surface area is 136 Å². The molecular formula is C16H24BrClN2. The molecule has 0 aliphatic carbocycles. The zero-order valence-corrected chi connectivity index (χ0v) is 14.8. The molecule has 0 bridgehead atoms. The van der Waals surface area contributed by atoms with Gasteiger partial charge in [0.25, 0.3) is 0 Å². The maximum absolute atomic E-state index is 6.47. The molecule has 1 aliphatic heterocycles. The Kier molecular flexibility index (Phi) is 5.76. The van der Waals surface area contributed by atoms with Crippen molar-refractivity contribution in [1.29, 1.82) is 0 Å². The number of hydrogen-bond acceptors (Lipinski definition) is 2. The maximum Gasteiger partial charge on any atom is 0.0650 e. The normalized spacial score (nSPS) is 23.4. The highest BCUT2D eigenvalue weighted by molar-refractivity contribution is 9.10. The van der Waals surface area contributed by atoms with Gasteiger partial charge in [0.2, 0.25) is 0 Å². The summed E-state index contributed by atoms with van der Waals surface area (Å²) in [6, 6.07) is 7.27. The van der Waals surface area contributed by atoms with E-state index in [0.29, 0.717) is 18.0 Å². The van der Waals surface area contributed by atoms with E-state index in [2.05, 4.69) is 59.1 Å². The zero-order chi connectivity index (χ0) is 14.7. The lowest BCUT2D eigenvalue weighted by Gasteiger charge is -2.44. The van der Waals surface area contributed by atoms with Gasteiger partial charge >= 0.3 is 0 Å². The number of halogens is 2. The fraction of sp³-hybridized carbons (Fsp3) is 0.625. The van der Waals surface area contributed by atoms with Gasteiger partial charge in [-0.05, 0) is 30.5 Å². The molecule has 0 aromatic heterocycles. The van der Waals surface area contributed by atoms with Gasteiger partial charge in [-0.2, -0.15) is 0 Å². The first kappa shape index (κ1) is 16.1. The molecule has 1 heterocycles. The lowest BCUT2D eigenvalue weighted by molar-refractivity contribution is 0.327. The van der Waals surface area contributed by atoms with Gasteiger partial charge < -0.3 is 10.2 Å². The van der Waals surface area contributed by atoms with Gasteiger partial charge in [0, 0.05) is 29.6 Å². The summed E-state index contributed by atoms with van der Waals surface area (Å²) in [5, 5.41) is 4.52. The minimum atomic E-state index is 0.502. The summed E-state index contributed by atoms with van der Waals surface area (Å²) >= 11 is 9.95. The van der Waals surface area contributed by atoms with Crippen LogP contribution >= 0.6 is 27.5 Å². The van der Waals surface area contributed by atoms with Crippen LogP contribution in [0.15, 0.2) is 22.7 Å². The second-order valence-corrected chi connectivity index (χ2v) is 7.28.